The normalized spacial score (nSPS) is 10.6. The van der Waals surface area contributed by atoms with Crippen LogP contribution in [0.3, 0.4) is 0 Å². The summed E-state index contributed by atoms with van der Waals surface area (Å²) in [5.41, 5.74) is 3.78. The monoisotopic (exact) mass is 409 g/mol. The summed E-state index contributed by atoms with van der Waals surface area (Å²) in [5.74, 6) is -0.638. The smallest absolute Gasteiger partial charge is 0.316 e. The van der Waals surface area contributed by atoms with Crippen LogP contribution in [0.15, 0.2) is 65.6 Å². The minimum absolute atomic E-state index is 0.119. The van der Waals surface area contributed by atoms with Gasteiger partial charge in [-0.2, -0.15) is 5.10 Å². The molecule has 2 aromatic carbocycles. The van der Waals surface area contributed by atoms with Crippen molar-refractivity contribution < 1.29 is 14.3 Å². The third-order valence-corrected chi connectivity index (χ3v) is 5.52. The van der Waals surface area contributed by atoms with Crippen molar-refractivity contribution in [2.24, 2.45) is 0 Å². The minimum atomic E-state index is -0.434. The fourth-order valence-corrected chi connectivity index (χ4v) is 3.71. The molecule has 1 heterocycles. The van der Waals surface area contributed by atoms with E-state index in [1.807, 2.05) is 79.2 Å². The van der Waals surface area contributed by atoms with Crippen molar-refractivity contribution in [1.82, 2.24) is 15.1 Å². The van der Waals surface area contributed by atoms with Gasteiger partial charge in [0, 0.05) is 6.54 Å². The van der Waals surface area contributed by atoms with Gasteiger partial charge in [0.2, 0.25) is 0 Å². The summed E-state index contributed by atoms with van der Waals surface area (Å²) < 4.78 is 6.95. The van der Waals surface area contributed by atoms with Gasteiger partial charge in [0.15, 0.2) is 6.61 Å². The topological polar surface area (TPSA) is 73.2 Å². The van der Waals surface area contributed by atoms with Crippen LogP contribution in [0.2, 0.25) is 0 Å². The molecule has 0 atom stereocenters. The Bertz CT molecular complexity index is 972. The van der Waals surface area contributed by atoms with Gasteiger partial charge < -0.3 is 10.1 Å². The molecule has 1 amide bonds. The number of hydrogen-bond donors (Lipinski definition) is 1. The fourth-order valence-electron chi connectivity index (χ4n) is 2.82. The Morgan fingerprint density at radius 3 is 2.38 bits per heavy atom. The second kappa shape index (κ2) is 9.93. The highest BCUT2D eigenvalue weighted by Gasteiger charge is 2.16. The third-order valence-electron chi connectivity index (χ3n) is 4.26. The average molecular weight is 410 g/mol. The van der Waals surface area contributed by atoms with Crippen molar-refractivity contribution in [1.29, 1.82) is 0 Å². The molecule has 0 unspecified atom stereocenters. The molecule has 6 nitrogen and oxygen atoms in total. The number of rotatable bonds is 8. The number of thioether (sulfide) groups is 1. The van der Waals surface area contributed by atoms with Gasteiger partial charge in [0.05, 0.1) is 27.7 Å². The Hall–Kier alpha value is -3.06. The standard InChI is InChI=1S/C22H23N3O3S/c1-16-22(17(2)25(24-16)19-11-7-4-8-12-19)29-15-21(27)28-14-20(26)23-13-18-9-5-3-6-10-18/h3-12H,13-15H2,1-2H3,(H,23,26). The predicted octanol–water partition coefficient (Wildman–Crippen LogP) is 3.44. The number of aryl methyl sites for hydroxylation is 1. The molecule has 0 saturated heterocycles. The van der Waals surface area contributed by atoms with Crippen molar-refractivity contribution in [3.05, 3.63) is 77.6 Å². The summed E-state index contributed by atoms with van der Waals surface area (Å²) in [6, 6.07) is 19.4. The van der Waals surface area contributed by atoms with E-state index in [-0.39, 0.29) is 18.3 Å². The third kappa shape index (κ3) is 5.71. The Morgan fingerprint density at radius 2 is 1.69 bits per heavy atom. The molecule has 0 saturated carbocycles. The maximum absolute atomic E-state index is 12.0. The van der Waals surface area contributed by atoms with Crippen LogP contribution in [0.5, 0.6) is 0 Å². The van der Waals surface area contributed by atoms with E-state index in [1.54, 1.807) is 0 Å². The first-order valence-electron chi connectivity index (χ1n) is 9.25. The lowest BCUT2D eigenvalue weighted by atomic mass is 10.2. The molecule has 0 radical (unpaired) electrons. The Labute approximate surface area is 174 Å². The van der Waals surface area contributed by atoms with Crippen molar-refractivity contribution in [2.45, 2.75) is 25.3 Å². The zero-order valence-corrected chi connectivity index (χ0v) is 17.2. The summed E-state index contributed by atoms with van der Waals surface area (Å²) in [5, 5.41) is 7.30. The highest BCUT2D eigenvalue weighted by molar-refractivity contribution is 8.00. The van der Waals surface area contributed by atoms with Crippen molar-refractivity contribution in [2.75, 3.05) is 12.4 Å². The molecule has 150 valence electrons. The van der Waals surface area contributed by atoms with E-state index in [4.69, 9.17) is 4.74 Å². The van der Waals surface area contributed by atoms with Crippen LogP contribution in [-0.4, -0.2) is 34.0 Å². The van der Waals surface area contributed by atoms with E-state index in [1.165, 1.54) is 11.8 Å². The number of para-hydroxylation sites is 1. The molecular weight excluding hydrogens is 386 g/mol. The number of amides is 1. The Morgan fingerprint density at radius 1 is 1.03 bits per heavy atom. The molecule has 0 aliphatic heterocycles. The number of nitrogens with zero attached hydrogens (tertiary/aromatic N) is 2. The predicted molar refractivity (Wildman–Crippen MR) is 113 cm³/mol. The van der Waals surface area contributed by atoms with Crippen LogP contribution in [0.4, 0.5) is 0 Å². The number of ether oxygens (including phenoxy) is 1. The molecule has 1 N–H and O–H groups in total. The minimum Gasteiger partial charge on any atom is -0.455 e. The lowest BCUT2D eigenvalue weighted by Gasteiger charge is -2.07. The highest BCUT2D eigenvalue weighted by Crippen LogP contribution is 2.27. The number of aromatic nitrogens is 2. The summed E-state index contributed by atoms with van der Waals surface area (Å²) in [7, 11) is 0. The first-order chi connectivity index (χ1) is 14.0. The molecule has 3 aromatic rings. The fraction of sp³-hybridized carbons (Fsp3) is 0.227. The number of nitrogens with one attached hydrogen (secondary N) is 1. The lowest BCUT2D eigenvalue weighted by molar-refractivity contribution is -0.145. The van der Waals surface area contributed by atoms with Crippen LogP contribution in [-0.2, 0) is 20.9 Å². The molecule has 0 bridgehead atoms. The quantitative estimate of drug-likeness (QED) is 0.456. The van der Waals surface area contributed by atoms with E-state index >= 15 is 0 Å². The van der Waals surface area contributed by atoms with Gasteiger partial charge in [-0.25, -0.2) is 4.68 Å². The molecule has 3 rings (SSSR count). The van der Waals surface area contributed by atoms with Crippen molar-refractivity contribution >= 4 is 23.6 Å². The summed E-state index contributed by atoms with van der Waals surface area (Å²) in [6.07, 6.45) is 0. The number of hydrogen-bond acceptors (Lipinski definition) is 5. The summed E-state index contributed by atoms with van der Waals surface area (Å²) >= 11 is 1.37. The van der Waals surface area contributed by atoms with Gasteiger partial charge in [0.25, 0.3) is 5.91 Å². The van der Waals surface area contributed by atoms with Gasteiger partial charge in [-0.3, -0.25) is 9.59 Å². The van der Waals surface area contributed by atoms with Crippen LogP contribution >= 0.6 is 11.8 Å². The molecule has 0 fully saturated rings. The van der Waals surface area contributed by atoms with Crippen molar-refractivity contribution in [3.63, 3.8) is 0 Å². The van der Waals surface area contributed by atoms with Crippen LogP contribution < -0.4 is 5.32 Å². The second-order valence-corrected chi connectivity index (χ2v) is 7.44. The molecule has 7 heteroatoms. The van der Waals surface area contributed by atoms with Crippen LogP contribution in [0.1, 0.15) is 17.0 Å². The van der Waals surface area contributed by atoms with Gasteiger partial charge in [-0.1, -0.05) is 48.5 Å². The van der Waals surface area contributed by atoms with Crippen LogP contribution in [0, 0.1) is 13.8 Å². The first kappa shape index (κ1) is 20.7. The van der Waals surface area contributed by atoms with Crippen molar-refractivity contribution in [3.8, 4) is 5.69 Å². The number of esters is 1. The average Bonchev–Trinajstić information content (AvgIpc) is 3.04. The second-order valence-electron chi connectivity index (χ2n) is 6.46. The Kier molecular flexibility index (Phi) is 7.08. The number of carbonyl (C=O) groups excluding carboxylic acids is 2. The SMILES string of the molecule is Cc1nn(-c2ccccc2)c(C)c1SCC(=O)OCC(=O)NCc1ccccc1. The lowest BCUT2D eigenvalue weighted by Crippen LogP contribution is -2.28. The summed E-state index contributed by atoms with van der Waals surface area (Å²) in [4.78, 5) is 24.8. The zero-order valence-electron chi connectivity index (χ0n) is 16.4. The van der Waals surface area contributed by atoms with E-state index in [2.05, 4.69) is 10.4 Å². The van der Waals surface area contributed by atoms with E-state index < -0.39 is 5.97 Å². The van der Waals surface area contributed by atoms with Crippen LogP contribution in [0.25, 0.3) is 5.69 Å². The number of benzene rings is 2. The van der Waals surface area contributed by atoms with E-state index in [0.29, 0.717) is 6.54 Å². The van der Waals surface area contributed by atoms with E-state index in [0.717, 1.165) is 27.5 Å². The molecule has 1 aromatic heterocycles. The molecule has 29 heavy (non-hydrogen) atoms. The maximum Gasteiger partial charge on any atom is 0.316 e. The molecular formula is C22H23N3O3S. The van der Waals surface area contributed by atoms with Gasteiger partial charge >= 0.3 is 5.97 Å². The molecule has 0 aliphatic rings. The number of carbonyl (C=O) groups is 2. The summed E-state index contributed by atoms with van der Waals surface area (Å²) in [6.45, 7) is 4.01. The van der Waals surface area contributed by atoms with E-state index in [9.17, 15) is 9.59 Å². The van der Waals surface area contributed by atoms with Gasteiger partial charge in [0.1, 0.15) is 0 Å². The highest BCUT2D eigenvalue weighted by atomic mass is 32.2. The van der Waals surface area contributed by atoms with Gasteiger partial charge in [-0.05, 0) is 31.5 Å². The molecule has 0 spiro atoms. The maximum atomic E-state index is 12.0. The first-order valence-corrected chi connectivity index (χ1v) is 10.2. The largest absolute Gasteiger partial charge is 0.455 e. The zero-order chi connectivity index (χ0) is 20.6. The van der Waals surface area contributed by atoms with Gasteiger partial charge in [-0.15, -0.1) is 11.8 Å². The Balaban J connectivity index is 1.47. The molecule has 0 aliphatic carbocycles.